The average molecular weight is 421 g/mol. The summed E-state index contributed by atoms with van der Waals surface area (Å²) in [7, 11) is -0.547. The molecule has 0 fully saturated rings. The van der Waals surface area contributed by atoms with Gasteiger partial charge in [-0.05, 0) is 43.2 Å². The van der Waals surface area contributed by atoms with E-state index in [0.717, 1.165) is 16.1 Å². The molecule has 0 spiro atoms. The number of anilines is 1. The largest absolute Gasteiger partial charge is 0.493 e. The highest BCUT2D eigenvalue weighted by Crippen LogP contribution is 2.31. The Hall–Kier alpha value is -2.74. The Morgan fingerprint density at radius 3 is 2.21 bits per heavy atom. The molecule has 0 radical (unpaired) electrons. The number of nitrogens with zero attached hydrogens (tertiary/aromatic N) is 1. The van der Waals surface area contributed by atoms with Crippen LogP contribution in [0.2, 0.25) is 0 Å². The smallest absolute Gasteiger partial charge is 0.244 e. The Kier molecular flexibility index (Phi) is 7.50. The predicted octanol–water partition coefficient (Wildman–Crippen LogP) is 3.13. The second-order valence-corrected chi connectivity index (χ2v) is 8.51. The van der Waals surface area contributed by atoms with E-state index in [1.165, 1.54) is 0 Å². The fourth-order valence-electron chi connectivity index (χ4n) is 3.17. The molecule has 8 heteroatoms. The first kappa shape index (κ1) is 22.5. The molecule has 1 N–H and O–H groups in total. The Labute approximate surface area is 172 Å². The van der Waals surface area contributed by atoms with Crippen molar-refractivity contribution >= 4 is 21.6 Å². The maximum Gasteiger partial charge on any atom is 0.244 e. The SMILES string of the molecule is CC[C@H](NC(=O)[C@H](C)N(c1ccccc1)S(C)(=O)=O)c1ccc(OC)c(OC)c1. The second-order valence-electron chi connectivity index (χ2n) is 6.65. The van der Waals surface area contributed by atoms with Gasteiger partial charge in [-0.2, -0.15) is 0 Å². The van der Waals surface area contributed by atoms with E-state index in [9.17, 15) is 13.2 Å². The first-order chi connectivity index (χ1) is 13.7. The van der Waals surface area contributed by atoms with Crippen molar-refractivity contribution < 1.29 is 22.7 Å². The predicted molar refractivity (Wildman–Crippen MR) is 114 cm³/mol. The number of carbonyl (C=O) groups is 1. The summed E-state index contributed by atoms with van der Waals surface area (Å²) in [6.45, 7) is 3.52. The van der Waals surface area contributed by atoms with Crippen LogP contribution in [0.4, 0.5) is 5.69 Å². The molecule has 0 heterocycles. The van der Waals surface area contributed by atoms with E-state index < -0.39 is 16.1 Å². The van der Waals surface area contributed by atoms with Crippen LogP contribution in [0.1, 0.15) is 31.9 Å². The molecule has 2 aromatic rings. The Morgan fingerprint density at radius 2 is 1.69 bits per heavy atom. The first-order valence-corrected chi connectivity index (χ1v) is 11.1. The van der Waals surface area contributed by atoms with E-state index in [4.69, 9.17) is 9.47 Å². The van der Waals surface area contributed by atoms with Gasteiger partial charge in [0.15, 0.2) is 11.5 Å². The summed E-state index contributed by atoms with van der Waals surface area (Å²) < 4.78 is 36.5. The van der Waals surface area contributed by atoms with Gasteiger partial charge < -0.3 is 14.8 Å². The van der Waals surface area contributed by atoms with Crippen molar-refractivity contribution in [2.45, 2.75) is 32.4 Å². The summed E-state index contributed by atoms with van der Waals surface area (Å²) in [6.07, 6.45) is 1.72. The molecule has 0 unspecified atom stereocenters. The summed E-state index contributed by atoms with van der Waals surface area (Å²) in [6, 6.07) is 12.8. The van der Waals surface area contributed by atoms with Crippen molar-refractivity contribution in [1.82, 2.24) is 5.32 Å². The highest BCUT2D eigenvalue weighted by atomic mass is 32.2. The number of ether oxygens (including phenoxy) is 2. The van der Waals surface area contributed by atoms with Crippen molar-refractivity contribution in [2.75, 3.05) is 24.8 Å². The minimum atomic E-state index is -3.65. The van der Waals surface area contributed by atoms with Crippen LogP contribution in [0.25, 0.3) is 0 Å². The molecule has 0 saturated carbocycles. The third-order valence-electron chi connectivity index (χ3n) is 4.63. The van der Waals surface area contributed by atoms with E-state index in [-0.39, 0.29) is 11.9 Å². The molecule has 0 aliphatic rings. The van der Waals surface area contributed by atoms with Gasteiger partial charge >= 0.3 is 0 Å². The highest BCUT2D eigenvalue weighted by Gasteiger charge is 2.30. The van der Waals surface area contributed by atoms with Crippen molar-refractivity contribution in [1.29, 1.82) is 0 Å². The number of para-hydroxylation sites is 1. The van der Waals surface area contributed by atoms with Gasteiger partial charge in [0.2, 0.25) is 15.9 Å². The van der Waals surface area contributed by atoms with Gasteiger partial charge in [0.25, 0.3) is 0 Å². The lowest BCUT2D eigenvalue weighted by molar-refractivity contribution is -0.122. The van der Waals surface area contributed by atoms with Crippen LogP contribution in [0.5, 0.6) is 11.5 Å². The summed E-state index contributed by atoms with van der Waals surface area (Å²) in [4.78, 5) is 13.0. The van der Waals surface area contributed by atoms with Gasteiger partial charge in [0.1, 0.15) is 6.04 Å². The number of methoxy groups -OCH3 is 2. The maximum absolute atomic E-state index is 13.0. The molecule has 158 valence electrons. The van der Waals surface area contributed by atoms with Crippen LogP contribution in [0, 0.1) is 0 Å². The van der Waals surface area contributed by atoms with E-state index in [1.807, 2.05) is 19.1 Å². The minimum Gasteiger partial charge on any atom is -0.493 e. The van der Waals surface area contributed by atoms with Gasteiger partial charge in [0.05, 0.1) is 32.2 Å². The molecule has 0 bridgehead atoms. The number of rotatable bonds is 9. The zero-order valence-electron chi connectivity index (χ0n) is 17.4. The number of hydrogen-bond donors (Lipinski definition) is 1. The zero-order valence-corrected chi connectivity index (χ0v) is 18.2. The molecule has 29 heavy (non-hydrogen) atoms. The molecule has 2 aromatic carbocycles. The number of carbonyl (C=O) groups excluding carboxylic acids is 1. The second kappa shape index (κ2) is 9.65. The molecule has 0 aliphatic heterocycles. The Morgan fingerprint density at radius 1 is 1.07 bits per heavy atom. The first-order valence-electron chi connectivity index (χ1n) is 9.29. The van der Waals surface area contributed by atoms with Gasteiger partial charge in [0, 0.05) is 0 Å². The van der Waals surface area contributed by atoms with Gasteiger partial charge in [-0.25, -0.2) is 8.42 Å². The molecule has 1 amide bonds. The van der Waals surface area contributed by atoms with E-state index in [1.54, 1.807) is 57.5 Å². The molecule has 7 nitrogen and oxygen atoms in total. The quantitative estimate of drug-likeness (QED) is 0.674. The molecule has 2 rings (SSSR count). The Bertz CT molecular complexity index is 931. The number of nitrogens with one attached hydrogen (secondary N) is 1. The third-order valence-corrected chi connectivity index (χ3v) is 5.88. The van der Waals surface area contributed by atoms with Crippen molar-refractivity contribution in [2.24, 2.45) is 0 Å². The maximum atomic E-state index is 13.0. The third kappa shape index (κ3) is 5.41. The van der Waals surface area contributed by atoms with Crippen LogP contribution < -0.4 is 19.1 Å². The molecular weight excluding hydrogens is 392 g/mol. The summed E-state index contributed by atoms with van der Waals surface area (Å²) in [5.41, 5.74) is 1.29. The molecule has 2 atom stereocenters. The van der Waals surface area contributed by atoms with Crippen molar-refractivity contribution in [3.63, 3.8) is 0 Å². The number of amides is 1. The van der Waals surface area contributed by atoms with Crippen molar-refractivity contribution in [3.05, 3.63) is 54.1 Å². The molecule has 0 saturated heterocycles. The van der Waals surface area contributed by atoms with Crippen molar-refractivity contribution in [3.8, 4) is 11.5 Å². The lowest BCUT2D eigenvalue weighted by atomic mass is 10.0. The molecule has 0 aromatic heterocycles. The number of benzene rings is 2. The Balaban J connectivity index is 2.28. The average Bonchev–Trinajstić information content (AvgIpc) is 2.71. The van der Waals surface area contributed by atoms with Crippen LogP contribution >= 0.6 is 0 Å². The standard InChI is InChI=1S/C21H28N2O5S/c1-6-18(16-12-13-19(27-3)20(14-16)28-4)22-21(24)15(2)23(29(5,25)26)17-10-8-7-9-11-17/h7-15,18H,6H2,1-5H3,(H,22,24)/t15-,18-/m0/s1. The molecule has 0 aliphatic carbocycles. The topological polar surface area (TPSA) is 84.9 Å². The lowest BCUT2D eigenvalue weighted by Crippen LogP contribution is -2.48. The van der Waals surface area contributed by atoms with E-state index in [0.29, 0.717) is 23.6 Å². The lowest BCUT2D eigenvalue weighted by Gasteiger charge is -2.29. The monoisotopic (exact) mass is 420 g/mol. The fourth-order valence-corrected chi connectivity index (χ4v) is 4.34. The summed E-state index contributed by atoms with van der Waals surface area (Å²) >= 11 is 0. The van der Waals surface area contributed by atoms with Gasteiger partial charge in [-0.3, -0.25) is 9.10 Å². The summed E-state index contributed by atoms with van der Waals surface area (Å²) in [5, 5.41) is 2.95. The number of hydrogen-bond acceptors (Lipinski definition) is 5. The van der Waals surface area contributed by atoms with Gasteiger partial charge in [-0.15, -0.1) is 0 Å². The van der Waals surface area contributed by atoms with Crippen LogP contribution in [0.15, 0.2) is 48.5 Å². The minimum absolute atomic E-state index is 0.304. The fraction of sp³-hybridized carbons (Fsp3) is 0.381. The van der Waals surface area contributed by atoms with Gasteiger partial charge in [-0.1, -0.05) is 31.2 Å². The molecular formula is C21H28N2O5S. The van der Waals surface area contributed by atoms with Crippen LogP contribution in [0.3, 0.4) is 0 Å². The zero-order chi connectivity index (χ0) is 21.6. The normalized spacial score (nSPS) is 13.3. The number of sulfonamides is 1. The highest BCUT2D eigenvalue weighted by molar-refractivity contribution is 7.92. The summed E-state index contributed by atoms with van der Waals surface area (Å²) in [5.74, 6) is 0.770. The van der Waals surface area contributed by atoms with E-state index >= 15 is 0 Å². The van der Waals surface area contributed by atoms with Crippen LogP contribution in [-0.2, 0) is 14.8 Å². The van der Waals surface area contributed by atoms with Crippen LogP contribution in [-0.4, -0.2) is 40.8 Å². The van der Waals surface area contributed by atoms with E-state index in [2.05, 4.69) is 5.32 Å².